The van der Waals surface area contributed by atoms with E-state index in [-0.39, 0.29) is 12.6 Å². The van der Waals surface area contributed by atoms with Crippen LogP contribution in [0.4, 0.5) is 4.79 Å². The minimum absolute atomic E-state index is 0.161. The van der Waals surface area contributed by atoms with Gasteiger partial charge in [0.15, 0.2) is 0 Å². The Morgan fingerprint density at radius 1 is 1.38 bits per heavy atom. The Morgan fingerprint density at radius 3 is 2.31 bits per heavy atom. The molecule has 0 fully saturated rings. The minimum Gasteiger partial charge on any atom is -0.444 e. The van der Waals surface area contributed by atoms with E-state index in [9.17, 15) is 4.79 Å². The second kappa shape index (κ2) is 6.70. The monoisotopic (exact) mass is 233 g/mol. The SMILES string of the molecule is C[C@H](O)CC[C@H](CO)NC(=O)OC(C)(C)C. The molecule has 0 bridgehead atoms. The fourth-order valence-electron chi connectivity index (χ4n) is 1.13. The van der Waals surface area contributed by atoms with E-state index in [1.165, 1.54) is 0 Å². The Bertz CT molecular complexity index is 211. The molecule has 0 saturated heterocycles. The lowest BCUT2D eigenvalue weighted by atomic mass is 10.1. The van der Waals surface area contributed by atoms with Crippen molar-refractivity contribution in [3.63, 3.8) is 0 Å². The van der Waals surface area contributed by atoms with Crippen molar-refractivity contribution in [2.24, 2.45) is 0 Å². The molecule has 16 heavy (non-hydrogen) atoms. The van der Waals surface area contributed by atoms with Crippen molar-refractivity contribution in [2.75, 3.05) is 6.61 Å². The summed E-state index contributed by atoms with van der Waals surface area (Å²) in [5.41, 5.74) is -0.547. The van der Waals surface area contributed by atoms with Gasteiger partial charge < -0.3 is 20.3 Å². The van der Waals surface area contributed by atoms with Crippen LogP contribution < -0.4 is 5.32 Å². The third-order valence-electron chi connectivity index (χ3n) is 1.87. The summed E-state index contributed by atoms with van der Waals surface area (Å²) in [4.78, 5) is 11.4. The Balaban J connectivity index is 3.97. The van der Waals surface area contributed by atoms with E-state index in [2.05, 4.69) is 5.32 Å². The Labute approximate surface area is 96.8 Å². The molecule has 3 N–H and O–H groups in total. The van der Waals surface area contributed by atoms with Gasteiger partial charge in [-0.2, -0.15) is 0 Å². The first kappa shape index (κ1) is 15.2. The number of nitrogens with one attached hydrogen (secondary N) is 1. The third-order valence-corrected chi connectivity index (χ3v) is 1.87. The lowest BCUT2D eigenvalue weighted by Gasteiger charge is -2.23. The predicted octanol–water partition coefficient (Wildman–Crippen LogP) is 1.03. The zero-order valence-corrected chi connectivity index (χ0v) is 10.5. The summed E-state index contributed by atoms with van der Waals surface area (Å²) in [7, 11) is 0. The van der Waals surface area contributed by atoms with Gasteiger partial charge in [-0.15, -0.1) is 0 Å². The first-order valence-electron chi connectivity index (χ1n) is 5.53. The van der Waals surface area contributed by atoms with Crippen molar-refractivity contribution in [1.82, 2.24) is 5.32 Å². The summed E-state index contributed by atoms with van der Waals surface area (Å²) in [5.74, 6) is 0. The van der Waals surface area contributed by atoms with E-state index >= 15 is 0 Å². The maximum Gasteiger partial charge on any atom is 0.407 e. The second-order valence-corrected chi connectivity index (χ2v) is 4.95. The quantitative estimate of drug-likeness (QED) is 0.662. The summed E-state index contributed by atoms with van der Waals surface area (Å²) < 4.78 is 5.05. The first-order valence-corrected chi connectivity index (χ1v) is 5.53. The van der Waals surface area contributed by atoms with Gasteiger partial charge in [0.05, 0.1) is 18.8 Å². The molecule has 96 valence electrons. The van der Waals surface area contributed by atoms with Gasteiger partial charge in [0.25, 0.3) is 0 Å². The lowest BCUT2D eigenvalue weighted by Crippen LogP contribution is -2.41. The van der Waals surface area contributed by atoms with Gasteiger partial charge in [-0.1, -0.05) is 0 Å². The van der Waals surface area contributed by atoms with Crippen LogP contribution in [-0.4, -0.2) is 40.7 Å². The first-order chi connectivity index (χ1) is 7.24. The van der Waals surface area contributed by atoms with Crippen molar-refractivity contribution in [2.45, 2.75) is 58.3 Å². The number of carbonyl (C=O) groups is 1. The molecular weight excluding hydrogens is 210 g/mol. The molecule has 5 nitrogen and oxygen atoms in total. The van der Waals surface area contributed by atoms with Gasteiger partial charge in [0.1, 0.15) is 5.60 Å². The number of hydrogen-bond acceptors (Lipinski definition) is 4. The predicted molar refractivity (Wildman–Crippen MR) is 61.2 cm³/mol. The standard InChI is InChI=1S/C11H23NO4/c1-8(14)5-6-9(7-13)12-10(15)16-11(2,3)4/h8-9,13-14H,5-7H2,1-4H3,(H,12,15)/t8-,9+/m0/s1. The van der Waals surface area contributed by atoms with Crippen molar-refractivity contribution < 1.29 is 19.7 Å². The van der Waals surface area contributed by atoms with Crippen molar-refractivity contribution in [3.05, 3.63) is 0 Å². The molecule has 1 amide bonds. The Hall–Kier alpha value is -0.810. The highest BCUT2D eigenvalue weighted by Gasteiger charge is 2.19. The summed E-state index contributed by atoms with van der Waals surface area (Å²) in [6, 6.07) is -0.371. The molecule has 0 unspecified atom stereocenters. The van der Waals surface area contributed by atoms with E-state index in [1.807, 2.05) is 0 Å². The number of amides is 1. The van der Waals surface area contributed by atoms with E-state index < -0.39 is 17.8 Å². The Kier molecular flexibility index (Phi) is 6.36. The molecule has 0 aliphatic rings. The molecule has 0 heterocycles. The summed E-state index contributed by atoms with van der Waals surface area (Å²) >= 11 is 0. The highest BCUT2D eigenvalue weighted by Crippen LogP contribution is 2.08. The summed E-state index contributed by atoms with van der Waals surface area (Å²) in [6.45, 7) is 6.83. The molecule has 0 aromatic heterocycles. The van der Waals surface area contributed by atoms with Crippen molar-refractivity contribution in [1.29, 1.82) is 0 Å². The van der Waals surface area contributed by atoms with E-state index in [1.54, 1.807) is 27.7 Å². The van der Waals surface area contributed by atoms with Gasteiger partial charge >= 0.3 is 6.09 Å². The fraction of sp³-hybridized carbons (Fsp3) is 0.909. The van der Waals surface area contributed by atoms with Gasteiger partial charge in [0.2, 0.25) is 0 Å². The molecule has 5 heteroatoms. The molecular formula is C11H23NO4. The van der Waals surface area contributed by atoms with Crippen molar-refractivity contribution >= 4 is 6.09 Å². The molecule has 0 spiro atoms. The summed E-state index contributed by atoms with van der Waals surface area (Å²) in [6.07, 6.45) is 0.0701. The largest absolute Gasteiger partial charge is 0.444 e. The summed E-state index contributed by atoms with van der Waals surface area (Å²) in [5, 5.41) is 20.7. The van der Waals surface area contributed by atoms with Crippen LogP contribution in [0.2, 0.25) is 0 Å². The van der Waals surface area contributed by atoms with Gasteiger partial charge in [0, 0.05) is 0 Å². The van der Waals surface area contributed by atoms with Crippen LogP contribution >= 0.6 is 0 Å². The zero-order valence-electron chi connectivity index (χ0n) is 10.5. The van der Waals surface area contributed by atoms with Gasteiger partial charge in [-0.3, -0.25) is 0 Å². The number of ether oxygens (including phenoxy) is 1. The molecule has 0 aliphatic carbocycles. The molecule has 0 saturated carbocycles. The van der Waals surface area contributed by atoms with Crippen LogP contribution in [0, 0.1) is 0 Å². The van der Waals surface area contributed by atoms with Crippen LogP contribution in [0.1, 0.15) is 40.5 Å². The minimum atomic E-state index is -0.547. The number of aliphatic hydroxyl groups is 2. The maximum absolute atomic E-state index is 11.4. The zero-order chi connectivity index (χ0) is 12.8. The number of alkyl carbamates (subject to hydrolysis) is 1. The van der Waals surface area contributed by atoms with Crippen molar-refractivity contribution in [3.8, 4) is 0 Å². The molecule has 2 atom stereocenters. The molecule has 0 radical (unpaired) electrons. The smallest absolute Gasteiger partial charge is 0.407 e. The van der Waals surface area contributed by atoms with Crippen LogP contribution in [0.15, 0.2) is 0 Å². The van der Waals surface area contributed by atoms with E-state index in [0.717, 1.165) is 0 Å². The number of aliphatic hydroxyl groups excluding tert-OH is 2. The number of hydrogen-bond donors (Lipinski definition) is 3. The number of carbonyl (C=O) groups excluding carboxylic acids is 1. The highest BCUT2D eigenvalue weighted by molar-refractivity contribution is 5.68. The average Bonchev–Trinajstić information content (AvgIpc) is 2.08. The molecule has 0 aliphatic heterocycles. The van der Waals surface area contributed by atoms with E-state index in [0.29, 0.717) is 12.8 Å². The van der Waals surface area contributed by atoms with Crippen LogP contribution in [0.25, 0.3) is 0 Å². The molecule has 0 aromatic carbocycles. The fourth-order valence-corrected chi connectivity index (χ4v) is 1.13. The maximum atomic E-state index is 11.4. The van der Waals surface area contributed by atoms with Crippen LogP contribution in [0.5, 0.6) is 0 Å². The average molecular weight is 233 g/mol. The third kappa shape index (κ3) is 8.49. The van der Waals surface area contributed by atoms with Crippen LogP contribution in [0.3, 0.4) is 0 Å². The van der Waals surface area contributed by atoms with E-state index in [4.69, 9.17) is 14.9 Å². The molecule has 0 rings (SSSR count). The Morgan fingerprint density at radius 2 is 1.94 bits per heavy atom. The topological polar surface area (TPSA) is 78.8 Å². The second-order valence-electron chi connectivity index (χ2n) is 4.95. The van der Waals surface area contributed by atoms with Crippen LogP contribution in [-0.2, 0) is 4.74 Å². The van der Waals surface area contributed by atoms with Gasteiger partial charge in [-0.05, 0) is 40.5 Å². The molecule has 0 aromatic rings. The normalized spacial score (nSPS) is 15.4. The highest BCUT2D eigenvalue weighted by atomic mass is 16.6. The number of rotatable bonds is 5. The lowest BCUT2D eigenvalue weighted by molar-refractivity contribution is 0.0471. The van der Waals surface area contributed by atoms with Gasteiger partial charge in [-0.25, -0.2) is 4.79 Å².